The summed E-state index contributed by atoms with van der Waals surface area (Å²) >= 11 is 0. The van der Waals surface area contributed by atoms with Crippen LogP contribution in [0.3, 0.4) is 0 Å². The highest BCUT2D eigenvalue weighted by molar-refractivity contribution is 7.91. The van der Waals surface area contributed by atoms with Crippen molar-refractivity contribution in [3.63, 3.8) is 0 Å². The third-order valence-electron chi connectivity index (χ3n) is 4.96. The van der Waals surface area contributed by atoms with Gasteiger partial charge in [-0.25, -0.2) is 8.42 Å². The van der Waals surface area contributed by atoms with E-state index in [-0.39, 0.29) is 23.5 Å². The molecule has 1 aromatic carbocycles. The molecule has 1 unspecified atom stereocenters. The normalized spacial score (nSPS) is 18.7. The first-order chi connectivity index (χ1) is 12.9. The van der Waals surface area contributed by atoms with E-state index in [1.807, 2.05) is 42.0 Å². The molecular weight excluding hydrogens is 362 g/mol. The number of nitrogens with zero attached hydrogens (tertiary/aromatic N) is 3. The van der Waals surface area contributed by atoms with Crippen LogP contribution in [0.25, 0.3) is 17.0 Å². The lowest BCUT2D eigenvalue weighted by atomic mass is 10.1. The Morgan fingerprint density at radius 1 is 1.41 bits per heavy atom. The van der Waals surface area contributed by atoms with Crippen LogP contribution in [0.1, 0.15) is 25.3 Å². The second kappa shape index (κ2) is 7.97. The molecule has 1 atom stereocenters. The summed E-state index contributed by atoms with van der Waals surface area (Å²) in [6.07, 6.45) is 6.16. The number of para-hydroxylation sites is 1. The fourth-order valence-electron chi connectivity index (χ4n) is 3.64. The number of hydrogen-bond donors (Lipinski definition) is 0. The number of carbonyl (C=O) groups excluding carboxylic acids is 1. The van der Waals surface area contributed by atoms with Gasteiger partial charge >= 0.3 is 0 Å². The van der Waals surface area contributed by atoms with Gasteiger partial charge in [-0.1, -0.05) is 18.2 Å². The molecule has 3 rings (SSSR count). The molecule has 1 aromatic heterocycles. The van der Waals surface area contributed by atoms with Gasteiger partial charge < -0.3 is 9.47 Å². The molecule has 1 fully saturated rings. The summed E-state index contributed by atoms with van der Waals surface area (Å²) < 4.78 is 25.5. The fraction of sp³-hybridized carbons (Fsp3) is 0.400. The van der Waals surface area contributed by atoms with Gasteiger partial charge in [-0.2, -0.15) is 5.26 Å². The number of hydrogen-bond acceptors (Lipinski definition) is 4. The lowest BCUT2D eigenvalue weighted by molar-refractivity contribution is -0.127. The largest absolute Gasteiger partial charge is 0.346 e. The Kier molecular flexibility index (Phi) is 5.66. The molecule has 7 heteroatoms. The van der Waals surface area contributed by atoms with Crippen LogP contribution in [0, 0.1) is 11.3 Å². The second-order valence-corrected chi connectivity index (χ2v) is 8.95. The van der Waals surface area contributed by atoms with Crippen LogP contribution < -0.4 is 0 Å². The molecule has 6 nitrogen and oxygen atoms in total. The Morgan fingerprint density at radius 3 is 2.85 bits per heavy atom. The van der Waals surface area contributed by atoms with Gasteiger partial charge in [0.25, 0.3) is 0 Å². The van der Waals surface area contributed by atoms with E-state index in [9.17, 15) is 13.2 Å². The van der Waals surface area contributed by atoms with Gasteiger partial charge in [0, 0.05) is 47.9 Å². The minimum atomic E-state index is -3.03. The standard InChI is InChI=1S/C20H23N3O3S/c1-2-23(17-10-13-27(25,26)15-17)20(24)9-8-16-14-22(12-5-11-21)19-7-4-3-6-18(16)19/h3-4,6-9,14,17H,2,5,10,12-13,15H2,1H3/b9-8+. The number of fused-ring (bicyclic) bond motifs is 1. The summed E-state index contributed by atoms with van der Waals surface area (Å²) in [5.74, 6) is 0.0271. The summed E-state index contributed by atoms with van der Waals surface area (Å²) in [5, 5.41) is 9.86. The summed E-state index contributed by atoms with van der Waals surface area (Å²) in [6.45, 7) is 2.94. The second-order valence-electron chi connectivity index (χ2n) is 6.72. The zero-order chi connectivity index (χ0) is 19.4. The number of amides is 1. The minimum Gasteiger partial charge on any atom is -0.346 e. The topological polar surface area (TPSA) is 83.2 Å². The summed E-state index contributed by atoms with van der Waals surface area (Å²) in [7, 11) is -3.03. The zero-order valence-electron chi connectivity index (χ0n) is 15.3. The molecule has 0 spiro atoms. The van der Waals surface area contributed by atoms with Gasteiger partial charge in [-0.15, -0.1) is 0 Å². The lowest BCUT2D eigenvalue weighted by Crippen LogP contribution is -2.40. The Balaban J connectivity index is 1.82. The summed E-state index contributed by atoms with van der Waals surface area (Å²) in [6, 6.07) is 9.78. The average Bonchev–Trinajstić information content (AvgIpc) is 3.19. The summed E-state index contributed by atoms with van der Waals surface area (Å²) in [4.78, 5) is 14.3. The van der Waals surface area contributed by atoms with Gasteiger partial charge in [-0.05, 0) is 25.5 Å². The van der Waals surface area contributed by atoms with E-state index in [0.29, 0.717) is 25.9 Å². The number of likely N-dealkylation sites (N-methyl/N-ethyl adjacent to an activating group) is 1. The van der Waals surface area contributed by atoms with Gasteiger partial charge in [0.05, 0.1) is 24.0 Å². The highest BCUT2D eigenvalue weighted by atomic mass is 32.2. The minimum absolute atomic E-state index is 0.0495. The molecule has 1 amide bonds. The number of aryl methyl sites for hydroxylation is 1. The van der Waals surface area contributed by atoms with Gasteiger partial charge in [0.2, 0.25) is 5.91 Å². The van der Waals surface area contributed by atoms with Crippen molar-refractivity contribution < 1.29 is 13.2 Å². The zero-order valence-corrected chi connectivity index (χ0v) is 16.2. The van der Waals surface area contributed by atoms with E-state index >= 15 is 0 Å². The first-order valence-electron chi connectivity index (χ1n) is 9.09. The third-order valence-corrected chi connectivity index (χ3v) is 6.71. The molecule has 0 N–H and O–H groups in total. The number of carbonyl (C=O) groups is 1. The van der Waals surface area contributed by atoms with Crippen LogP contribution in [-0.4, -0.2) is 47.9 Å². The molecule has 1 aliphatic rings. The van der Waals surface area contributed by atoms with Crippen LogP contribution in [0.5, 0.6) is 0 Å². The number of sulfone groups is 1. The van der Waals surface area contributed by atoms with Crippen LogP contribution >= 0.6 is 0 Å². The number of aromatic nitrogens is 1. The van der Waals surface area contributed by atoms with E-state index in [1.165, 1.54) is 6.08 Å². The first kappa shape index (κ1) is 19.2. The summed E-state index contributed by atoms with van der Waals surface area (Å²) in [5.41, 5.74) is 1.93. The van der Waals surface area contributed by atoms with E-state index < -0.39 is 9.84 Å². The maximum Gasteiger partial charge on any atom is 0.246 e. The van der Waals surface area contributed by atoms with Gasteiger partial charge in [0.1, 0.15) is 0 Å². The number of rotatable bonds is 6. The van der Waals surface area contributed by atoms with Crippen molar-refractivity contribution in [3.8, 4) is 6.07 Å². The third kappa shape index (κ3) is 4.22. The molecule has 0 aliphatic carbocycles. The fourth-order valence-corrected chi connectivity index (χ4v) is 5.37. The monoisotopic (exact) mass is 385 g/mol. The quantitative estimate of drug-likeness (QED) is 0.716. The Labute approximate surface area is 159 Å². The van der Waals surface area contributed by atoms with Crippen LogP contribution in [0.15, 0.2) is 36.5 Å². The van der Waals surface area contributed by atoms with Crippen molar-refractivity contribution in [2.24, 2.45) is 0 Å². The predicted octanol–water partition coefficient (Wildman–Crippen LogP) is 2.60. The van der Waals surface area contributed by atoms with Crippen molar-refractivity contribution in [1.29, 1.82) is 5.26 Å². The number of nitriles is 1. The van der Waals surface area contributed by atoms with E-state index in [0.717, 1.165) is 16.5 Å². The molecule has 0 bridgehead atoms. The Hall–Kier alpha value is -2.59. The van der Waals surface area contributed by atoms with E-state index in [2.05, 4.69) is 6.07 Å². The maximum atomic E-state index is 12.7. The Bertz CT molecular complexity index is 1010. The van der Waals surface area contributed by atoms with Crippen molar-refractivity contribution in [2.75, 3.05) is 18.1 Å². The van der Waals surface area contributed by atoms with Gasteiger partial charge in [0.15, 0.2) is 9.84 Å². The van der Waals surface area contributed by atoms with Crippen LogP contribution in [-0.2, 0) is 21.2 Å². The molecule has 1 saturated heterocycles. The predicted molar refractivity (Wildman–Crippen MR) is 106 cm³/mol. The first-order valence-corrected chi connectivity index (χ1v) is 10.9. The van der Waals surface area contributed by atoms with Crippen molar-refractivity contribution in [2.45, 2.75) is 32.4 Å². The number of benzene rings is 1. The van der Waals surface area contributed by atoms with E-state index in [1.54, 1.807) is 11.0 Å². The molecule has 1 aliphatic heterocycles. The molecule has 0 radical (unpaired) electrons. The van der Waals surface area contributed by atoms with E-state index in [4.69, 9.17) is 5.26 Å². The van der Waals surface area contributed by atoms with Crippen LogP contribution in [0.4, 0.5) is 0 Å². The molecular formula is C20H23N3O3S. The molecule has 27 heavy (non-hydrogen) atoms. The molecule has 2 heterocycles. The SMILES string of the molecule is CCN(C(=O)/C=C/c1cn(CCC#N)c2ccccc12)C1CCS(=O)(=O)C1. The van der Waals surface area contributed by atoms with Crippen molar-refractivity contribution in [1.82, 2.24) is 9.47 Å². The average molecular weight is 385 g/mol. The van der Waals surface area contributed by atoms with Crippen LogP contribution in [0.2, 0.25) is 0 Å². The molecule has 142 valence electrons. The van der Waals surface area contributed by atoms with Crippen molar-refractivity contribution in [3.05, 3.63) is 42.1 Å². The highest BCUT2D eigenvalue weighted by Gasteiger charge is 2.33. The maximum absolute atomic E-state index is 12.7. The smallest absolute Gasteiger partial charge is 0.246 e. The van der Waals surface area contributed by atoms with Gasteiger partial charge in [-0.3, -0.25) is 4.79 Å². The highest BCUT2D eigenvalue weighted by Crippen LogP contribution is 2.23. The molecule has 0 saturated carbocycles. The molecule has 2 aromatic rings. The van der Waals surface area contributed by atoms with Crippen molar-refractivity contribution >= 4 is 32.7 Å². The lowest BCUT2D eigenvalue weighted by Gasteiger charge is -2.25. The Morgan fingerprint density at radius 2 is 2.19 bits per heavy atom.